The molecule has 2 aromatic rings. The van der Waals surface area contributed by atoms with Gasteiger partial charge >= 0.3 is 11.9 Å². The maximum Gasteiger partial charge on any atom is 0.336 e. The molecule has 0 heterocycles. The highest BCUT2D eigenvalue weighted by Gasteiger charge is 2.13. The number of esters is 1. The minimum Gasteiger partial charge on any atom is -0.497 e. The van der Waals surface area contributed by atoms with Gasteiger partial charge in [-0.2, -0.15) is 0 Å². The van der Waals surface area contributed by atoms with Crippen LogP contribution in [0.4, 0.5) is 0 Å². The number of methoxy groups -OCH3 is 1. The molecule has 0 fully saturated rings. The first kappa shape index (κ1) is 23.0. The molecule has 30 heavy (non-hydrogen) atoms. The van der Waals surface area contributed by atoms with Crippen LogP contribution in [0.1, 0.15) is 43.0 Å². The third kappa shape index (κ3) is 6.95. The molecule has 0 amide bonds. The van der Waals surface area contributed by atoms with Crippen LogP contribution in [0.25, 0.3) is 11.1 Å². The highest BCUT2D eigenvalue weighted by atomic mass is 16.5. The number of carbonyl (C=O) groups is 2. The van der Waals surface area contributed by atoms with E-state index in [4.69, 9.17) is 14.2 Å². The second-order valence-electron chi connectivity index (χ2n) is 6.92. The van der Waals surface area contributed by atoms with Crippen molar-refractivity contribution in [2.75, 3.05) is 20.3 Å². The molecule has 0 spiro atoms. The molecule has 160 valence electrons. The third-order valence-electron chi connectivity index (χ3n) is 4.51. The molecule has 0 aliphatic heterocycles. The fourth-order valence-corrected chi connectivity index (χ4v) is 2.84. The van der Waals surface area contributed by atoms with E-state index in [0.29, 0.717) is 35.8 Å². The van der Waals surface area contributed by atoms with Gasteiger partial charge in [0.25, 0.3) is 0 Å². The van der Waals surface area contributed by atoms with Gasteiger partial charge in [-0.1, -0.05) is 18.7 Å². The minimum absolute atomic E-state index is 0.219. The second-order valence-corrected chi connectivity index (χ2v) is 6.92. The van der Waals surface area contributed by atoms with Crippen LogP contribution in [0, 0.1) is 0 Å². The minimum atomic E-state index is -0.986. The molecule has 0 unspecified atom stereocenters. The summed E-state index contributed by atoms with van der Waals surface area (Å²) < 4.78 is 16.0. The Balaban J connectivity index is 1.85. The Morgan fingerprint density at radius 1 is 0.933 bits per heavy atom. The number of hydrogen-bond acceptors (Lipinski definition) is 5. The van der Waals surface area contributed by atoms with E-state index in [1.807, 2.05) is 12.1 Å². The van der Waals surface area contributed by atoms with Crippen molar-refractivity contribution in [3.8, 4) is 22.6 Å². The normalized spacial score (nSPS) is 10.3. The van der Waals surface area contributed by atoms with Crippen LogP contribution in [0.5, 0.6) is 11.5 Å². The zero-order valence-corrected chi connectivity index (χ0v) is 17.5. The predicted molar refractivity (Wildman–Crippen MR) is 115 cm³/mol. The average Bonchev–Trinajstić information content (AvgIpc) is 2.75. The largest absolute Gasteiger partial charge is 0.497 e. The Hall–Kier alpha value is -3.28. The van der Waals surface area contributed by atoms with Gasteiger partial charge in [-0.25, -0.2) is 9.59 Å². The highest BCUT2D eigenvalue weighted by molar-refractivity contribution is 5.96. The van der Waals surface area contributed by atoms with Gasteiger partial charge in [-0.05, 0) is 74.1 Å². The lowest BCUT2D eigenvalue weighted by molar-refractivity contribution is -0.139. The first-order valence-corrected chi connectivity index (χ1v) is 9.89. The van der Waals surface area contributed by atoms with Gasteiger partial charge in [-0.15, -0.1) is 0 Å². The number of aromatic carboxylic acids is 1. The molecule has 6 nitrogen and oxygen atoms in total. The van der Waals surface area contributed by atoms with E-state index < -0.39 is 5.97 Å². The van der Waals surface area contributed by atoms with E-state index in [2.05, 4.69) is 6.58 Å². The van der Waals surface area contributed by atoms with Crippen LogP contribution in [0.3, 0.4) is 0 Å². The fraction of sp³-hybridized carbons (Fsp3) is 0.333. The number of carboxylic acid groups (broad SMARTS) is 1. The summed E-state index contributed by atoms with van der Waals surface area (Å²) in [6.07, 6.45) is 3.53. The Labute approximate surface area is 177 Å². The molecule has 0 aliphatic rings. The monoisotopic (exact) mass is 412 g/mol. The summed E-state index contributed by atoms with van der Waals surface area (Å²) in [5.74, 6) is -0.00542. The number of ether oxygens (including phenoxy) is 3. The summed E-state index contributed by atoms with van der Waals surface area (Å²) in [5, 5.41) is 9.50. The average molecular weight is 412 g/mol. The van der Waals surface area contributed by atoms with Crippen LogP contribution < -0.4 is 9.47 Å². The van der Waals surface area contributed by atoms with Gasteiger partial charge in [0, 0.05) is 5.57 Å². The van der Waals surface area contributed by atoms with Crippen LogP contribution in [0.2, 0.25) is 0 Å². The first-order valence-electron chi connectivity index (χ1n) is 9.89. The van der Waals surface area contributed by atoms with Gasteiger partial charge in [-0.3, -0.25) is 0 Å². The summed E-state index contributed by atoms with van der Waals surface area (Å²) in [6.45, 7) is 6.09. The second kappa shape index (κ2) is 11.7. The van der Waals surface area contributed by atoms with Gasteiger partial charge in [0.2, 0.25) is 0 Å². The number of benzene rings is 2. The van der Waals surface area contributed by atoms with Crippen LogP contribution in [-0.2, 0) is 9.53 Å². The van der Waals surface area contributed by atoms with Crippen molar-refractivity contribution in [3.05, 3.63) is 60.2 Å². The Morgan fingerprint density at radius 3 is 2.17 bits per heavy atom. The summed E-state index contributed by atoms with van der Waals surface area (Å²) >= 11 is 0. The number of hydrogen-bond donors (Lipinski definition) is 1. The molecule has 0 radical (unpaired) electrons. The molecule has 1 N–H and O–H groups in total. The lowest BCUT2D eigenvalue weighted by Crippen LogP contribution is -2.06. The van der Waals surface area contributed by atoms with Crippen LogP contribution >= 0.6 is 0 Å². The maximum atomic E-state index is 11.6. The van der Waals surface area contributed by atoms with E-state index in [9.17, 15) is 14.7 Å². The maximum absolute atomic E-state index is 11.6. The quantitative estimate of drug-likeness (QED) is 0.296. The van der Waals surface area contributed by atoms with Crippen molar-refractivity contribution in [1.29, 1.82) is 0 Å². The summed E-state index contributed by atoms with van der Waals surface area (Å²) in [5.41, 5.74) is 2.01. The molecule has 0 saturated heterocycles. The van der Waals surface area contributed by atoms with Gasteiger partial charge in [0.15, 0.2) is 0 Å². The molecule has 0 bridgehead atoms. The van der Waals surface area contributed by atoms with Gasteiger partial charge in [0.1, 0.15) is 11.5 Å². The molecule has 2 aromatic carbocycles. The molecule has 0 aliphatic carbocycles. The van der Waals surface area contributed by atoms with Crippen molar-refractivity contribution in [3.63, 3.8) is 0 Å². The number of carbonyl (C=O) groups excluding carboxylic acids is 1. The van der Waals surface area contributed by atoms with Crippen molar-refractivity contribution >= 4 is 11.9 Å². The topological polar surface area (TPSA) is 82.1 Å². The smallest absolute Gasteiger partial charge is 0.336 e. The van der Waals surface area contributed by atoms with E-state index in [1.165, 1.54) is 0 Å². The first-order chi connectivity index (χ1) is 14.4. The lowest BCUT2D eigenvalue weighted by atomic mass is 9.99. The molecule has 0 saturated carbocycles. The molecular formula is C24H28O6. The Kier molecular flexibility index (Phi) is 8.94. The number of carboxylic acids is 1. The van der Waals surface area contributed by atoms with Crippen LogP contribution in [-0.4, -0.2) is 37.4 Å². The van der Waals surface area contributed by atoms with E-state index in [-0.39, 0.29) is 11.5 Å². The third-order valence-corrected chi connectivity index (χ3v) is 4.51. The molecule has 0 atom stereocenters. The fourth-order valence-electron chi connectivity index (χ4n) is 2.84. The van der Waals surface area contributed by atoms with Crippen molar-refractivity contribution in [2.24, 2.45) is 0 Å². The van der Waals surface area contributed by atoms with Crippen molar-refractivity contribution in [2.45, 2.75) is 32.6 Å². The summed E-state index contributed by atoms with van der Waals surface area (Å²) in [7, 11) is 1.58. The Morgan fingerprint density at radius 2 is 1.57 bits per heavy atom. The summed E-state index contributed by atoms with van der Waals surface area (Å²) in [4.78, 5) is 22.9. The predicted octanol–water partition coefficient (Wildman–Crippen LogP) is 5.12. The van der Waals surface area contributed by atoms with Gasteiger partial charge < -0.3 is 19.3 Å². The molecule has 0 aromatic heterocycles. The molecule has 6 heteroatoms. The van der Waals surface area contributed by atoms with Crippen molar-refractivity contribution < 1.29 is 28.9 Å². The number of unbranched alkanes of at least 4 members (excludes halogenated alkanes) is 3. The van der Waals surface area contributed by atoms with E-state index in [1.54, 1.807) is 44.4 Å². The molecule has 2 rings (SSSR count). The zero-order chi connectivity index (χ0) is 21.9. The number of rotatable bonds is 12. The summed E-state index contributed by atoms with van der Waals surface area (Å²) in [6, 6.07) is 12.2. The van der Waals surface area contributed by atoms with E-state index in [0.717, 1.165) is 31.2 Å². The van der Waals surface area contributed by atoms with Crippen LogP contribution in [0.15, 0.2) is 54.6 Å². The van der Waals surface area contributed by atoms with Crippen molar-refractivity contribution in [1.82, 2.24) is 0 Å². The Bertz CT molecular complexity index is 870. The lowest BCUT2D eigenvalue weighted by Gasteiger charge is -2.11. The zero-order valence-electron chi connectivity index (χ0n) is 17.5. The SMILES string of the molecule is C=C(C)C(=O)OCCCCCCOc1ccc(C(=O)O)c(-c2ccc(OC)cc2)c1. The standard InChI is InChI=1S/C24H28O6/c1-17(2)24(27)30-15-7-5-4-6-14-29-20-12-13-21(23(25)26)22(16-20)18-8-10-19(28-3)11-9-18/h8-13,16H,1,4-7,14-15H2,2-3H3,(H,25,26). The highest BCUT2D eigenvalue weighted by Crippen LogP contribution is 2.29. The molecular weight excluding hydrogens is 384 g/mol. The van der Waals surface area contributed by atoms with E-state index >= 15 is 0 Å². The van der Waals surface area contributed by atoms with Gasteiger partial charge in [0.05, 0.1) is 25.9 Å².